The van der Waals surface area contributed by atoms with Crippen LogP contribution in [0.25, 0.3) is 0 Å². The van der Waals surface area contributed by atoms with Gasteiger partial charge in [0.25, 0.3) is 11.8 Å². The van der Waals surface area contributed by atoms with Gasteiger partial charge in [-0.25, -0.2) is 0 Å². The number of carbonyl (C=O) groups is 2. The average Bonchev–Trinajstić information content (AvgIpc) is 2.97. The van der Waals surface area contributed by atoms with Crippen LogP contribution < -0.4 is 10.5 Å². The molecule has 5 nitrogen and oxygen atoms in total. The van der Waals surface area contributed by atoms with E-state index in [1.807, 2.05) is 17.5 Å². The molecule has 1 aromatic carbocycles. The lowest BCUT2D eigenvalue weighted by molar-refractivity contribution is -0.132. The van der Waals surface area contributed by atoms with Gasteiger partial charge < -0.3 is 15.4 Å². The van der Waals surface area contributed by atoms with Gasteiger partial charge in [-0.15, -0.1) is 11.3 Å². The molecule has 1 aromatic heterocycles. The van der Waals surface area contributed by atoms with Crippen LogP contribution in [0.3, 0.4) is 0 Å². The van der Waals surface area contributed by atoms with E-state index in [4.69, 9.17) is 10.5 Å². The van der Waals surface area contributed by atoms with Gasteiger partial charge in [0.2, 0.25) is 0 Å². The second kappa shape index (κ2) is 6.90. The number of amides is 2. The van der Waals surface area contributed by atoms with Gasteiger partial charge in [0, 0.05) is 11.9 Å². The Hall–Kier alpha value is -2.34. The molecule has 0 aliphatic carbocycles. The van der Waals surface area contributed by atoms with E-state index in [1.165, 1.54) is 0 Å². The quantitative estimate of drug-likeness (QED) is 0.885. The molecule has 2 aromatic rings. The van der Waals surface area contributed by atoms with Gasteiger partial charge in [-0.05, 0) is 23.6 Å². The van der Waals surface area contributed by atoms with Gasteiger partial charge in [-0.2, -0.15) is 0 Å². The minimum atomic E-state index is -0.579. The Morgan fingerprint density at radius 1 is 1.24 bits per heavy atom. The van der Waals surface area contributed by atoms with E-state index in [0.29, 0.717) is 12.3 Å². The van der Waals surface area contributed by atoms with Gasteiger partial charge in [-0.1, -0.05) is 18.2 Å². The number of hydrogen-bond donors (Lipinski definition) is 1. The van der Waals surface area contributed by atoms with Crippen molar-refractivity contribution in [2.45, 2.75) is 6.54 Å². The van der Waals surface area contributed by atoms with E-state index in [2.05, 4.69) is 0 Å². The topological polar surface area (TPSA) is 72.6 Å². The smallest absolute Gasteiger partial charge is 0.260 e. The van der Waals surface area contributed by atoms with Crippen molar-refractivity contribution in [1.82, 2.24) is 4.90 Å². The molecule has 0 aliphatic heterocycles. The lowest BCUT2D eigenvalue weighted by Crippen LogP contribution is -2.31. The molecule has 0 spiro atoms. The maximum atomic E-state index is 12.0. The summed E-state index contributed by atoms with van der Waals surface area (Å²) >= 11 is 1.59. The predicted octanol–water partition coefficient (Wildman–Crippen LogP) is 1.88. The number of para-hydroxylation sites is 1. The van der Waals surface area contributed by atoms with Gasteiger partial charge in [-0.3, -0.25) is 9.59 Å². The van der Waals surface area contributed by atoms with Crippen LogP contribution in [0.5, 0.6) is 5.75 Å². The normalized spacial score (nSPS) is 10.1. The second-order valence-corrected chi connectivity index (χ2v) is 5.51. The molecule has 0 unspecified atom stereocenters. The van der Waals surface area contributed by atoms with Gasteiger partial charge >= 0.3 is 0 Å². The van der Waals surface area contributed by atoms with Crippen molar-refractivity contribution in [3.8, 4) is 5.75 Å². The summed E-state index contributed by atoms with van der Waals surface area (Å²) in [5, 5.41) is 1.97. The van der Waals surface area contributed by atoms with Crippen molar-refractivity contribution in [2.24, 2.45) is 5.73 Å². The summed E-state index contributed by atoms with van der Waals surface area (Å²) in [5.74, 6) is -0.421. The molecule has 0 saturated heterocycles. The summed E-state index contributed by atoms with van der Waals surface area (Å²) in [5.41, 5.74) is 5.53. The SMILES string of the molecule is CN(Cc1cccs1)C(=O)COc1ccccc1C(N)=O. The van der Waals surface area contributed by atoms with Crippen LogP contribution >= 0.6 is 11.3 Å². The molecule has 21 heavy (non-hydrogen) atoms. The Bertz CT molecular complexity index is 626. The van der Waals surface area contributed by atoms with Gasteiger partial charge in [0.1, 0.15) is 5.75 Å². The van der Waals surface area contributed by atoms with Crippen molar-refractivity contribution >= 4 is 23.2 Å². The Balaban J connectivity index is 1.93. The molecule has 0 fully saturated rings. The van der Waals surface area contributed by atoms with E-state index < -0.39 is 5.91 Å². The summed E-state index contributed by atoms with van der Waals surface area (Å²) in [6.45, 7) is 0.406. The Morgan fingerprint density at radius 2 is 2.00 bits per heavy atom. The van der Waals surface area contributed by atoms with E-state index in [9.17, 15) is 9.59 Å². The lowest BCUT2D eigenvalue weighted by Gasteiger charge is -2.17. The number of ether oxygens (including phenoxy) is 1. The van der Waals surface area contributed by atoms with Crippen LogP contribution in [-0.2, 0) is 11.3 Å². The first kappa shape index (κ1) is 15.1. The zero-order valence-corrected chi connectivity index (χ0v) is 12.4. The average molecular weight is 304 g/mol. The molecule has 2 amide bonds. The van der Waals surface area contributed by atoms with Crippen LogP contribution in [0.2, 0.25) is 0 Å². The standard InChI is InChI=1S/C15H16N2O3S/c1-17(9-11-5-4-8-21-11)14(18)10-20-13-7-3-2-6-12(13)15(16)19/h2-8H,9-10H2,1H3,(H2,16,19). The monoisotopic (exact) mass is 304 g/mol. The van der Waals surface area contributed by atoms with Crippen molar-refractivity contribution in [3.63, 3.8) is 0 Å². The Morgan fingerprint density at radius 3 is 2.67 bits per heavy atom. The molecule has 2 N–H and O–H groups in total. The number of nitrogens with two attached hydrogens (primary N) is 1. The predicted molar refractivity (Wildman–Crippen MR) is 81.2 cm³/mol. The number of primary amides is 1. The number of carbonyl (C=O) groups excluding carboxylic acids is 2. The van der Waals surface area contributed by atoms with Crippen molar-refractivity contribution < 1.29 is 14.3 Å². The van der Waals surface area contributed by atoms with E-state index in [-0.39, 0.29) is 18.1 Å². The lowest BCUT2D eigenvalue weighted by atomic mass is 10.2. The van der Waals surface area contributed by atoms with Gasteiger partial charge in [0.05, 0.1) is 12.1 Å². The summed E-state index contributed by atoms with van der Waals surface area (Å²) in [6, 6.07) is 10.5. The number of rotatable bonds is 6. The minimum absolute atomic E-state index is 0.133. The molecule has 0 aliphatic rings. The van der Waals surface area contributed by atoms with Crippen LogP contribution in [-0.4, -0.2) is 30.4 Å². The summed E-state index contributed by atoms with van der Waals surface area (Å²) in [4.78, 5) is 26.0. The summed E-state index contributed by atoms with van der Waals surface area (Å²) in [7, 11) is 1.71. The molecule has 0 saturated carbocycles. The zero-order valence-electron chi connectivity index (χ0n) is 11.6. The highest BCUT2D eigenvalue weighted by molar-refractivity contribution is 7.09. The third kappa shape index (κ3) is 4.06. The third-order valence-electron chi connectivity index (χ3n) is 2.90. The number of benzene rings is 1. The summed E-state index contributed by atoms with van der Waals surface area (Å²) < 4.78 is 5.41. The van der Waals surface area contributed by atoms with E-state index >= 15 is 0 Å². The Kier molecular flexibility index (Phi) is 4.94. The maximum Gasteiger partial charge on any atom is 0.260 e. The van der Waals surface area contributed by atoms with E-state index in [1.54, 1.807) is 47.5 Å². The first-order valence-corrected chi connectivity index (χ1v) is 7.24. The molecule has 0 atom stereocenters. The highest BCUT2D eigenvalue weighted by Gasteiger charge is 2.13. The van der Waals surface area contributed by atoms with Gasteiger partial charge in [0.15, 0.2) is 6.61 Å². The first-order valence-electron chi connectivity index (χ1n) is 6.36. The second-order valence-electron chi connectivity index (χ2n) is 4.48. The summed E-state index contributed by atoms with van der Waals surface area (Å²) in [6.07, 6.45) is 0. The number of nitrogens with zero attached hydrogens (tertiary/aromatic N) is 1. The number of hydrogen-bond acceptors (Lipinski definition) is 4. The molecule has 0 radical (unpaired) electrons. The highest BCUT2D eigenvalue weighted by Crippen LogP contribution is 2.17. The Labute approximate surface area is 126 Å². The fourth-order valence-electron chi connectivity index (χ4n) is 1.77. The molecular formula is C15H16N2O3S. The molecular weight excluding hydrogens is 288 g/mol. The molecule has 1 heterocycles. The van der Waals surface area contributed by atoms with Crippen molar-refractivity contribution in [3.05, 3.63) is 52.2 Å². The molecule has 6 heteroatoms. The molecule has 0 bridgehead atoms. The first-order chi connectivity index (χ1) is 10.1. The van der Waals surface area contributed by atoms with Crippen LogP contribution in [0.4, 0.5) is 0 Å². The van der Waals surface area contributed by atoms with Crippen molar-refractivity contribution in [1.29, 1.82) is 0 Å². The highest BCUT2D eigenvalue weighted by atomic mass is 32.1. The fourth-order valence-corrected chi connectivity index (χ4v) is 2.53. The third-order valence-corrected chi connectivity index (χ3v) is 3.76. The maximum absolute atomic E-state index is 12.0. The van der Waals surface area contributed by atoms with Crippen LogP contribution in [0.1, 0.15) is 15.2 Å². The van der Waals surface area contributed by atoms with Crippen LogP contribution in [0, 0.1) is 0 Å². The van der Waals surface area contributed by atoms with Crippen LogP contribution in [0.15, 0.2) is 41.8 Å². The largest absolute Gasteiger partial charge is 0.483 e. The van der Waals surface area contributed by atoms with Crippen molar-refractivity contribution in [2.75, 3.05) is 13.7 Å². The van der Waals surface area contributed by atoms with E-state index in [0.717, 1.165) is 4.88 Å². The fraction of sp³-hybridized carbons (Fsp3) is 0.200. The molecule has 2 rings (SSSR count). The number of thiophene rings is 1. The zero-order chi connectivity index (χ0) is 15.2. The molecule has 110 valence electrons. The minimum Gasteiger partial charge on any atom is -0.483 e. The number of likely N-dealkylation sites (N-methyl/N-ethyl adjacent to an activating group) is 1.